The molecule has 2 rings (SSSR count). The number of carbonyl (C=O) groups excluding carboxylic acids is 1. The highest BCUT2D eigenvalue weighted by Crippen LogP contribution is 2.48. The van der Waals surface area contributed by atoms with Gasteiger partial charge in [0.2, 0.25) is 5.91 Å². The number of fused-ring (bicyclic) bond motifs is 1. The number of amides is 1. The predicted octanol–water partition coefficient (Wildman–Crippen LogP) is 1.30. The molecule has 0 saturated heterocycles. The van der Waals surface area contributed by atoms with Crippen molar-refractivity contribution in [1.82, 2.24) is 0 Å². The Labute approximate surface area is 67.1 Å². The second-order valence-corrected chi connectivity index (χ2v) is 3.95. The Hall–Kier alpha value is -0.530. The van der Waals surface area contributed by atoms with Crippen molar-refractivity contribution in [2.75, 3.05) is 0 Å². The van der Waals surface area contributed by atoms with E-state index in [1.807, 2.05) is 0 Å². The van der Waals surface area contributed by atoms with E-state index in [-0.39, 0.29) is 11.8 Å². The van der Waals surface area contributed by atoms with Gasteiger partial charge in [0.25, 0.3) is 0 Å². The minimum absolute atomic E-state index is 0.0619. The molecule has 2 nitrogen and oxygen atoms in total. The molecule has 2 aliphatic carbocycles. The summed E-state index contributed by atoms with van der Waals surface area (Å²) >= 11 is 0. The van der Waals surface area contributed by atoms with Crippen molar-refractivity contribution in [3.05, 3.63) is 0 Å². The largest absolute Gasteiger partial charge is 0.369 e. The minimum Gasteiger partial charge on any atom is -0.369 e. The highest BCUT2D eigenvalue weighted by atomic mass is 16.1. The first-order chi connectivity index (χ1) is 5.29. The summed E-state index contributed by atoms with van der Waals surface area (Å²) in [6.45, 7) is 0. The molecule has 0 aromatic rings. The van der Waals surface area contributed by atoms with Crippen LogP contribution in [0.2, 0.25) is 0 Å². The van der Waals surface area contributed by atoms with Gasteiger partial charge in [0, 0.05) is 5.92 Å². The van der Waals surface area contributed by atoms with Crippen LogP contribution in [0.4, 0.5) is 0 Å². The Bertz CT molecular complexity index is 178. The summed E-state index contributed by atoms with van der Waals surface area (Å²) in [6, 6.07) is 0. The Morgan fingerprint density at radius 2 is 2.00 bits per heavy atom. The number of hydrogen-bond acceptors (Lipinski definition) is 1. The Morgan fingerprint density at radius 3 is 2.64 bits per heavy atom. The molecule has 2 heteroatoms. The molecule has 0 spiro atoms. The molecule has 0 bridgehead atoms. The smallest absolute Gasteiger partial charge is 0.220 e. The fourth-order valence-corrected chi connectivity index (χ4v) is 2.69. The molecule has 0 aromatic heterocycles. The fraction of sp³-hybridized carbons (Fsp3) is 0.889. The Morgan fingerprint density at radius 1 is 1.27 bits per heavy atom. The third-order valence-electron chi connectivity index (χ3n) is 3.41. The highest BCUT2D eigenvalue weighted by molar-refractivity contribution is 5.78. The van der Waals surface area contributed by atoms with Gasteiger partial charge in [0.05, 0.1) is 0 Å². The monoisotopic (exact) mass is 153 g/mol. The first-order valence-corrected chi connectivity index (χ1v) is 4.58. The zero-order chi connectivity index (χ0) is 7.84. The quantitative estimate of drug-likeness (QED) is 0.606. The van der Waals surface area contributed by atoms with Crippen LogP contribution in [-0.4, -0.2) is 5.91 Å². The van der Waals surface area contributed by atoms with Gasteiger partial charge in [-0.05, 0) is 24.7 Å². The average Bonchev–Trinajstić information content (AvgIpc) is 1.90. The minimum atomic E-state index is -0.0619. The van der Waals surface area contributed by atoms with Crippen molar-refractivity contribution in [3.63, 3.8) is 0 Å². The maximum atomic E-state index is 10.9. The van der Waals surface area contributed by atoms with Gasteiger partial charge in [-0.1, -0.05) is 19.3 Å². The maximum absolute atomic E-state index is 10.9. The van der Waals surface area contributed by atoms with Gasteiger partial charge in [-0.25, -0.2) is 0 Å². The third-order valence-corrected chi connectivity index (χ3v) is 3.41. The second-order valence-electron chi connectivity index (χ2n) is 3.95. The van der Waals surface area contributed by atoms with Gasteiger partial charge in [-0.15, -0.1) is 0 Å². The number of hydrogen-bond donors (Lipinski definition) is 1. The lowest BCUT2D eigenvalue weighted by atomic mass is 9.58. The summed E-state index contributed by atoms with van der Waals surface area (Å²) in [4.78, 5) is 10.9. The van der Waals surface area contributed by atoms with Crippen LogP contribution in [0.3, 0.4) is 0 Å². The Kier molecular flexibility index (Phi) is 1.63. The zero-order valence-electron chi connectivity index (χ0n) is 6.75. The number of primary amides is 1. The van der Waals surface area contributed by atoms with Gasteiger partial charge in [0.15, 0.2) is 0 Å². The zero-order valence-corrected chi connectivity index (χ0v) is 6.75. The van der Waals surface area contributed by atoms with Gasteiger partial charge in [-0.3, -0.25) is 4.79 Å². The van der Waals surface area contributed by atoms with E-state index >= 15 is 0 Å². The molecule has 2 aliphatic rings. The molecule has 2 saturated carbocycles. The number of nitrogens with two attached hydrogens (primary N) is 1. The van der Waals surface area contributed by atoms with Crippen molar-refractivity contribution in [2.45, 2.75) is 32.1 Å². The van der Waals surface area contributed by atoms with Crippen molar-refractivity contribution >= 4 is 5.91 Å². The van der Waals surface area contributed by atoms with E-state index in [2.05, 4.69) is 0 Å². The van der Waals surface area contributed by atoms with E-state index in [1.54, 1.807) is 0 Å². The molecule has 2 N–H and O–H groups in total. The lowest BCUT2D eigenvalue weighted by Crippen LogP contribution is -2.45. The van der Waals surface area contributed by atoms with Crippen molar-refractivity contribution in [1.29, 1.82) is 0 Å². The Balaban J connectivity index is 1.96. The molecule has 0 aromatic carbocycles. The summed E-state index contributed by atoms with van der Waals surface area (Å²) in [5, 5.41) is 0. The SMILES string of the molecule is NC(=O)C1CC2CCCCC21. The average molecular weight is 153 g/mol. The van der Waals surface area contributed by atoms with Crippen LogP contribution >= 0.6 is 0 Å². The molecule has 3 atom stereocenters. The van der Waals surface area contributed by atoms with Crippen molar-refractivity contribution in [2.24, 2.45) is 23.5 Å². The van der Waals surface area contributed by atoms with E-state index in [9.17, 15) is 4.79 Å². The predicted molar refractivity (Wildman–Crippen MR) is 42.7 cm³/mol. The highest BCUT2D eigenvalue weighted by Gasteiger charge is 2.44. The molecular weight excluding hydrogens is 138 g/mol. The third kappa shape index (κ3) is 1.05. The fourth-order valence-electron chi connectivity index (χ4n) is 2.69. The van der Waals surface area contributed by atoms with Crippen LogP contribution < -0.4 is 5.73 Å². The first-order valence-electron chi connectivity index (χ1n) is 4.58. The molecule has 62 valence electrons. The van der Waals surface area contributed by atoms with Crippen molar-refractivity contribution < 1.29 is 4.79 Å². The van der Waals surface area contributed by atoms with Crippen LogP contribution in [0.25, 0.3) is 0 Å². The number of carbonyl (C=O) groups is 1. The molecule has 11 heavy (non-hydrogen) atoms. The summed E-state index contributed by atoms with van der Waals surface area (Å²) in [7, 11) is 0. The van der Waals surface area contributed by atoms with E-state index in [0.29, 0.717) is 5.92 Å². The molecular formula is C9H15NO. The standard InChI is InChI=1S/C9H15NO/c10-9(11)8-5-6-3-1-2-4-7(6)8/h6-8H,1-5H2,(H2,10,11). The van der Waals surface area contributed by atoms with Crippen LogP contribution in [0.15, 0.2) is 0 Å². The van der Waals surface area contributed by atoms with Crippen LogP contribution in [0, 0.1) is 17.8 Å². The van der Waals surface area contributed by atoms with Gasteiger partial charge >= 0.3 is 0 Å². The number of rotatable bonds is 1. The summed E-state index contributed by atoms with van der Waals surface area (Å²) in [6.07, 6.45) is 6.35. The summed E-state index contributed by atoms with van der Waals surface area (Å²) in [5.74, 6) is 1.69. The first kappa shape index (κ1) is 7.14. The second kappa shape index (κ2) is 2.50. The molecule has 0 heterocycles. The van der Waals surface area contributed by atoms with Crippen molar-refractivity contribution in [3.8, 4) is 0 Å². The van der Waals surface area contributed by atoms with Gasteiger partial charge in [0.1, 0.15) is 0 Å². The van der Waals surface area contributed by atoms with Gasteiger partial charge in [-0.2, -0.15) is 0 Å². The van der Waals surface area contributed by atoms with Crippen LogP contribution in [0.1, 0.15) is 32.1 Å². The topological polar surface area (TPSA) is 43.1 Å². The van der Waals surface area contributed by atoms with E-state index in [1.165, 1.54) is 25.7 Å². The molecule has 3 unspecified atom stereocenters. The van der Waals surface area contributed by atoms with Crippen LogP contribution in [0.5, 0.6) is 0 Å². The summed E-state index contributed by atoms with van der Waals surface area (Å²) in [5.41, 5.74) is 5.27. The lowest BCUT2D eigenvalue weighted by Gasteiger charge is -2.46. The van der Waals surface area contributed by atoms with Gasteiger partial charge < -0.3 is 5.73 Å². The summed E-state index contributed by atoms with van der Waals surface area (Å²) < 4.78 is 0. The molecule has 0 radical (unpaired) electrons. The normalized spacial score (nSPS) is 42.4. The van der Waals surface area contributed by atoms with E-state index in [4.69, 9.17) is 5.73 Å². The van der Waals surface area contributed by atoms with E-state index < -0.39 is 0 Å². The lowest BCUT2D eigenvalue weighted by molar-refractivity contribution is -0.131. The molecule has 0 aliphatic heterocycles. The van der Waals surface area contributed by atoms with E-state index in [0.717, 1.165) is 12.3 Å². The molecule has 2 fully saturated rings. The maximum Gasteiger partial charge on any atom is 0.220 e. The molecule has 1 amide bonds. The van der Waals surface area contributed by atoms with Crippen LogP contribution in [-0.2, 0) is 4.79 Å².